The van der Waals surface area contributed by atoms with E-state index in [1.807, 2.05) is 13.1 Å². The predicted molar refractivity (Wildman–Crippen MR) is 121 cm³/mol. The number of ether oxygens (including phenoxy) is 1. The summed E-state index contributed by atoms with van der Waals surface area (Å²) in [6.45, 7) is 0.508. The van der Waals surface area contributed by atoms with Crippen molar-refractivity contribution in [2.45, 2.75) is 69.3 Å². The van der Waals surface area contributed by atoms with Gasteiger partial charge in [0.1, 0.15) is 6.10 Å². The number of nitrogens with zero attached hydrogens (tertiary/aromatic N) is 1. The van der Waals surface area contributed by atoms with Gasteiger partial charge in [-0.25, -0.2) is 9.59 Å². The summed E-state index contributed by atoms with van der Waals surface area (Å²) in [6.07, 6.45) is -0.637. The molecule has 1 amide bonds. The standard InChI is InChI=1S/C22H30N2O5.C2HF3O2/c1-24-16-11-12-17(24)20(21(27)23-13-7-3-6-10-19(25)26)18(14-16)29-22(28)15-8-4-2-5-9-15;3-2(4,5)1(6)7/h2,4-5,8-9,16-18,20H,3,6-7,10-14H2,1H3,(H,23,27)(H,25,26);(H,6,7)/t16-,17+,18-,20+;/m0./s1. The van der Waals surface area contributed by atoms with Crippen molar-refractivity contribution < 1.29 is 47.3 Å². The number of hydrogen-bond acceptors (Lipinski definition) is 6. The van der Waals surface area contributed by atoms with Crippen LogP contribution in [0, 0.1) is 5.92 Å². The van der Waals surface area contributed by atoms with Crippen LogP contribution in [0.25, 0.3) is 0 Å². The van der Waals surface area contributed by atoms with E-state index in [1.165, 1.54) is 0 Å². The third-order valence-electron chi connectivity index (χ3n) is 6.39. The molecule has 2 heterocycles. The van der Waals surface area contributed by atoms with Crippen molar-refractivity contribution in [1.29, 1.82) is 0 Å². The molecule has 0 aliphatic carbocycles. The lowest BCUT2D eigenvalue weighted by Gasteiger charge is -2.41. The summed E-state index contributed by atoms with van der Waals surface area (Å²) in [7, 11) is 2.05. The average Bonchev–Trinajstić information content (AvgIpc) is 3.04. The van der Waals surface area contributed by atoms with Crippen LogP contribution in [0.4, 0.5) is 13.2 Å². The van der Waals surface area contributed by atoms with Crippen molar-refractivity contribution in [3.8, 4) is 0 Å². The normalized spacial score (nSPS) is 23.2. The third kappa shape index (κ3) is 8.51. The third-order valence-corrected chi connectivity index (χ3v) is 6.39. The highest BCUT2D eigenvalue weighted by molar-refractivity contribution is 5.90. The number of hydrogen-bond donors (Lipinski definition) is 3. The number of carbonyl (C=O) groups is 4. The van der Waals surface area contributed by atoms with Crippen molar-refractivity contribution in [1.82, 2.24) is 10.2 Å². The monoisotopic (exact) mass is 516 g/mol. The van der Waals surface area contributed by atoms with E-state index in [-0.39, 0.29) is 30.3 Å². The number of benzene rings is 1. The fourth-order valence-electron chi connectivity index (χ4n) is 4.57. The number of piperidine rings is 1. The highest BCUT2D eigenvalue weighted by Gasteiger charge is 2.50. The minimum atomic E-state index is -5.08. The van der Waals surface area contributed by atoms with Crippen LogP contribution in [-0.4, -0.2) is 76.9 Å². The van der Waals surface area contributed by atoms with Gasteiger partial charge < -0.3 is 20.3 Å². The smallest absolute Gasteiger partial charge is 0.481 e. The number of carboxylic acids is 2. The quantitative estimate of drug-likeness (QED) is 0.337. The van der Waals surface area contributed by atoms with E-state index in [2.05, 4.69) is 10.2 Å². The molecule has 12 heteroatoms. The number of unbranched alkanes of at least 4 members (excludes halogenated alkanes) is 2. The Kier molecular flexibility index (Phi) is 10.7. The number of alkyl halides is 3. The number of carbonyl (C=O) groups excluding carboxylic acids is 2. The van der Waals surface area contributed by atoms with Crippen LogP contribution in [-0.2, 0) is 19.1 Å². The Bertz CT molecular complexity index is 911. The fourth-order valence-corrected chi connectivity index (χ4v) is 4.57. The van der Waals surface area contributed by atoms with Crippen LogP contribution in [0.5, 0.6) is 0 Å². The van der Waals surface area contributed by atoms with Gasteiger partial charge in [-0.3, -0.25) is 14.5 Å². The molecule has 0 spiro atoms. The summed E-state index contributed by atoms with van der Waals surface area (Å²) in [4.78, 5) is 47.3. The lowest BCUT2D eigenvalue weighted by Crippen LogP contribution is -2.55. The first-order valence-electron chi connectivity index (χ1n) is 11.7. The van der Waals surface area contributed by atoms with Gasteiger partial charge in [0.2, 0.25) is 5.91 Å². The molecule has 0 radical (unpaired) electrons. The molecule has 1 aromatic carbocycles. The molecule has 9 nitrogen and oxygen atoms in total. The van der Waals surface area contributed by atoms with Crippen molar-refractivity contribution in [3.63, 3.8) is 0 Å². The maximum absolute atomic E-state index is 13.0. The van der Waals surface area contributed by atoms with Gasteiger partial charge in [-0.1, -0.05) is 24.6 Å². The number of carboxylic acid groups (broad SMARTS) is 2. The zero-order valence-electron chi connectivity index (χ0n) is 19.9. The van der Waals surface area contributed by atoms with Crippen LogP contribution in [0.15, 0.2) is 30.3 Å². The summed E-state index contributed by atoms with van der Waals surface area (Å²) >= 11 is 0. The van der Waals surface area contributed by atoms with E-state index in [1.54, 1.807) is 24.3 Å². The van der Waals surface area contributed by atoms with Crippen molar-refractivity contribution >= 4 is 23.8 Å². The Labute approximate surface area is 206 Å². The Morgan fingerprint density at radius 3 is 2.28 bits per heavy atom. The first kappa shape index (κ1) is 29.1. The van der Waals surface area contributed by atoms with E-state index < -0.39 is 24.2 Å². The molecule has 1 aromatic rings. The summed E-state index contributed by atoms with van der Waals surface area (Å²) in [6, 6.07) is 9.30. The van der Waals surface area contributed by atoms with Crippen LogP contribution in [0.1, 0.15) is 55.3 Å². The van der Waals surface area contributed by atoms with Crippen LogP contribution in [0.2, 0.25) is 0 Å². The number of nitrogens with one attached hydrogen (secondary N) is 1. The number of rotatable bonds is 9. The second kappa shape index (κ2) is 13.2. The second-order valence-electron chi connectivity index (χ2n) is 8.83. The average molecular weight is 517 g/mol. The molecule has 2 saturated heterocycles. The van der Waals surface area contributed by atoms with Gasteiger partial charge in [0.15, 0.2) is 0 Å². The molecular formula is C24H31F3N2O7. The van der Waals surface area contributed by atoms with Crippen molar-refractivity contribution in [2.75, 3.05) is 13.6 Å². The SMILES string of the molecule is CN1[C@H]2CC[C@@H]1[C@@H](C(=O)NCCCCCC(=O)O)[C@@H](OC(=O)c1ccccc1)C2.O=C(O)C(F)(F)F. The minimum Gasteiger partial charge on any atom is -0.481 e. The lowest BCUT2D eigenvalue weighted by atomic mass is 9.86. The van der Waals surface area contributed by atoms with Gasteiger partial charge >= 0.3 is 24.1 Å². The molecule has 3 N–H and O–H groups in total. The minimum absolute atomic E-state index is 0.0775. The van der Waals surface area contributed by atoms with E-state index in [9.17, 15) is 27.6 Å². The van der Waals surface area contributed by atoms with E-state index in [4.69, 9.17) is 19.7 Å². The summed E-state index contributed by atoms with van der Waals surface area (Å²) in [5.74, 6) is -4.40. The molecule has 0 aromatic heterocycles. The van der Waals surface area contributed by atoms with E-state index >= 15 is 0 Å². The Hall–Kier alpha value is -3.15. The molecular weight excluding hydrogens is 485 g/mol. The first-order chi connectivity index (χ1) is 16.9. The van der Waals surface area contributed by atoms with Crippen LogP contribution in [0.3, 0.4) is 0 Å². The maximum atomic E-state index is 13.0. The fraction of sp³-hybridized carbons (Fsp3) is 0.583. The largest absolute Gasteiger partial charge is 0.490 e. The molecule has 0 saturated carbocycles. The molecule has 4 atom stereocenters. The number of esters is 1. The summed E-state index contributed by atoms with van der Waals surface area (Å²) in [5.41, 5.74) is 0.497. The van der Waals surface area contributed by atoms with Gasteiger partial charge in [0, 0.05) is 31.5 Å². The predicted octanol–water partition coefficient (Wildman–Crippen LogP) is 3.09. The highest BCUT2D eigenvalue weighted by atomic mass is 19.4. The van der Waals surface area contributed by atoms with Gasteiger partial charge in [0.25, 0.3) is 0 Å². The van der Waals surface area contributed by atoms with E-state index in [0.29, 0.717) is 31.0 Å². The number of amides is 1. The van der Waals surface area contributed by atoms with Gasteiger partial charge in [-0.2, -0.15) is 13.2 Å². The van der Waals surface area contributed by atoms with Crippen LogP contribution >= 0.6 is 0 Å². The second-order valence-corrected chi connectivity index (χ2v) is 8.83. The number of aliphatic carboxylic acids is 2. The summed E-state index contributed by atoms with van der Waals surface area (Å²) < 4.78 is 37.6. The van der Waals surface area contributed by atoms with Crippen molar-refractivity contribution in [3.05, 3.63) is 35.9 Å². The number of halogens is 3. The van der Waals surface area contributed by atoms with E-state index in [0.717, 1.165) is 25.7 Å². The molecule has 0 unspecified atom stereocenters. The molecule has 200 valence electrons. The molecule has 2 bridgehead atoms. The molecule has 36 heavy (non-hydrogen) atoms. The Balaban J connectivity index is 0.000000572. The number of fused-ring (bicyclic) bond motifs is 2. The highest BCUT2D eigenvalue weighted by Crippen LogP contribution is 2.40. The first-order valence-corrected chi connectivity index (χ1v) is 11.7. The van der Waals surface area contributed by atoms with Crippen LogP contribution < -0.4 is 5.32 Å². The molecule has 3 rings (SSSR count). The van der Waals surface area contributed by atoms with Crippen molar-refractivity contribution in [2.24, 2.45) is 5.92 Å². The lowest BCUT2D eigenvalue weighted by molar-refractivity contribution is -0.192. The summed E-state index contributed by atoms with van der Waals surface area (Å²) in [5, 5.41) is 18.8. The topological polar surface area (TPSA) is 133 Å². The van der Waals surface area contributed by atoms with Gasteiger partial charge in [0.05, 0.1) is 11.5 Å². The van der Waals surface area contributed by atoms with Gasteiger partial charge in [-0.15, -0.1) is 0 Å². The van der Waals surface area contributed by atoms with Gasteiger partial charge in [-0.05, 0) is 44.9 Å². The molecule has 2 fully saturated rings. The maximum Gasteiger partial charge on any atom is 0.490 e. The molecule has 2 aliphatic rings. The zero-order chi connectivity index (χ0) is 26.9. The molecule has 2 aliphatic heterocycles. The Morgan fingerprint density at radius 2 is 1.69 bits per heavy atom. The Morgan fingerprint density at radius 1 is 1.06 bits per heavy atom. The zero-order valence-corrected chi connectivity index (χ0v) is 19.9.